The van der Waals surface area contributed by atoms with Gasteiger partial charge < -0.3 is 0 Å². The van der Waals surface area contributed by atoms with Crippen LogP contribution in [0.4, 0.5) is 8.78 Å². The van der Waals surface area contributed by atoms with E-state index in [0.717, 1.165) is 26.2 Å². The number of thiophene rings is 1. The van der Waals surface area contributed by atoms with Crippen LogP contribution in [-0.4, -0.2) is 5.92 Å². The molecule has 1 aliphatic carbocycles. The molecular formula is C10H11BrF2S. The quantitative estimate of drug-likeness (QED) is 0.723. The minimum absolute atomic E-state index is 0.0100. The van der Waals surface area contributed by atoms with E-state index in [2.05, 4.69) is 15.9 Å². The fourth-order valence-electron chi connectivity index (χ4n) is 1.92. The Morgan fingerprint density at radius 3 is 2.86 bits per heavy atom. The van der Waals surface area contributed by atoms with Gasteiger partial charge in [0.05, 0.1) is 3.79 Å². The van der Waals surface area contributed by atoms with Crippen LogP contribution in [0.15, 0.2) is 3.79 Å². The Kier molecular flexibility index (Phi) is 2.68. The third-order valence-corrected chi connectivity index (χ3v) is 4.74. The van der Waals surface area contributed by atoms with Gasteiger partial charge in [-0.3, -0.25) is 0 Å². The second-order valence-corrected chi connectivity index (χ2v) is 6.07. The maximum Gasteiger partial charge on any atom is 0.252 e. The summed E-state index contributed by atoms with van der Waals surface area (Å²) in [4.78, 5) is 1.15. The Labute approximate surface area is 94.5 Å². The van der Waals surface area contributed by atoms with Crippen molar-refractivity contribution in [3.05, 3.63) is 19.8 Å². The molecular weight excluding hydrogens is 270 g/mol. The van der Waals surface area contributed by atoms with Crippen LogP contribution in [0.3, 0.4) is 0 Å². The minimum atomic E-state index is -2.49. The largest absolute Gasteiger partial charge is 0.252 e. The molecule has 0 nitrogen and oxygen atoms in total. The van der Waals surface area contributed by atoms with Crippen molar-refractivity contribution in [3.8, 4) is 0 Å². The molecule has 1 heterocycles. The summed E-state index contributed by atoms with van der Waals surface area (Å²) in [6.07, 6.45) is 1.32. The lowest BCUT2D eigenvalue weighted by molar-refractivity contribution is -0.0118. The third-order valence-electron chi connectivity index (χ3n) is 2.66. The maximum absolute atomic E-state index is 13.2. The van der Waals surface area contributed by atoms with Gasteiger partial charge in [0.1, 0.15) is 0 Å². The highest BCUT2D eigenvalue weighted by Crippen LogP contribution is 2.42. The Hall–Kier alpha value is 0.0400. The van der Waals surface area contributed by atoms with Crippen molar-refractivity contribution in [3.63, 3.8) is 0 Å². The zero-order valence-electron chi connectivity index (χ0n) is 7.87. The first-order chi connectivity index (χ1) is 6.53. The number of rotatable bonds is 1. The Bertz CT molecular complexity index is 357. The van der Waals surface area contributed by atoms with Gasteiger partial charge in [-0.15, -0.1) is 11.3 Å². The van der Waals surface area contributed by atoms with Crippen molar-refractivity contribution in [2.45, 2.75) is 38.5 Å². The molecule has 0 amide bonds. The van der Waals surface area contributed by atoms with Crippen molar-refractivity contribution in [1.82, 2.24) is 0 Å². The van der Waals surface area contributed by atoms with Gasteiger partial charge in [-0.25, -0.2) is 8.78 Å². The van der Waals surface area contributed by atoms with Gasteiger partial charge in [0.2, 0.25) is 0 Å². The highest BCUT2D eigenvalue weighted by Gasteiger charge is 2.36. The molecule has 0 saturated heterocycles. The number of hydrogen-bond acceptors (Lipinski definition) is 1. The summed E-state index contributed by atoms with van der Waals surface area (Å²) in [5.74, 6) is -2.49. The number of halogens is 3. The van der Waals surface area contributed by atoms with Crippen LogP contribution >= 0.6 is 27.3 Å². The van der Waals surface area contributed by atoms with Crippen molar-refractivity contribution >= 4 is 27.3 Å². The molecule has 0 radical (unpaired) electrons. The first kappa shape index (κ1) is 10.6. The molecule has 78 valence electrons. The Balaban J connectivity index is 2.44. The van der Waals surface area contributed by atoms with E-state index < -0.39 is 5.92 Å². The standard InChI is InChI=1S/C10H11BrF2S/c1-2-6-7-5-10(12,13)4-3-8(7)14-9(6)11/h2-5H2,1H3. The third kappa shape index (κ3) is 1.74. The molecule has 0 bridgehead atoms. The zero-order chi connectivity index (χ0) is 10.3. The van der Waals surface area contributed by atoms with Crippen LogP contribution in [0.5, 0.6) is 0 Å². The Morgan fingerprint density at radius 1 is 1.50 bits per heavy atom. The number of alkyl halides is 2. The number of fused-ring (bicyclic) bond motifs is 1. The van der Waals surface area contributed by atoms with Crippen LogP contribution in [0, 0.1) is 0 Å². The molecule has 2 rings (SSSR count). The molecule has 0 fully saturated rings. The fraction of sp³-hybridized carbons (Fsp3) is 0.600. The molecule has 0 aromatic carbocycles. The van der Waals surface area contributed by atoms with Crippen molar-refractivity contribution in [2.24, 2.45) is 0 Å². The van der Waals surface area contributed by atoms with E-state index in [0.29, 0.717) is 6.42 Å². The van der Waals surface area contributed by atoms with Gasteiger partial charge >= 0.3 is 0 Å². The first-order valence-corrected chi connectivity index (χ1v) is 6.31. The second kappa shape index (κ2) is 3.56. The highest BCUT2D eigenvalue weighted by atomic mass is 79.9. The molecule has 4 heteroatoms. The summed E-state index contributed by atoms with van der Waals surface area (Å²) in [5.41, 5.74) is 1.99. The van der Waals surface area contributed by atoms with Gasteiger partial charge in [0, 0.05) is 17.7 Å². The van der Waals surface area contributed by atoms with Crippen LogP contribution < -0.4 is 0 Å². The molecule has 1 aliphatic rings. The molecule has 14 heavy (non-hydrogen) atoms. The molecule has 0 saturated carbocycles. The van der Waals surface area contributed by atoms with E-state index in [9.17, 15) is 8.78 Å². The van der Waals surface area contributed by atoms with E-state index in [1.54, 1.807) is 11.3 Å². The average molecular weight is 281 g/mol. The van der Waals surface area contributed by atoms with Gasteiger partial charge in [0.25, 0.3) is 5.92 Å². The van der Waals surface area contributed by atoms with Crippen LogP contribution in [0.2, 0.25) is 0 Å². The van der Waals surface area contributed by atoms with E-state index in [1.165, 1.54) is 0 Å². The van der Waals surface area contributed by atoms with Crippen LogP contribution in [0.1, 0.15) is 29.3 Å². The summed E-state index contributed by atoms with van der Waals surface area (Å²) in [7, 11) is 0. The average Bonchev–Trinajstić information content (AvgIpc) is 2.39. The topological polar surface area (TPSA) is 0 Å². The summed E-state index contributed by atoms with van der Waals surface area (Å²) < 4.78 is 27.4. The number of hydrogen-bond donors (Lipinski definition) is 0. The highest BCUT2D eigenvalue weighted by molar-refractivity contribution is 9.11. The molecule has 0 aliphatic heterocycles. The molecule has 1 aromatic rings. The fourth-order valence-corrected chi connectivity index (χ4v) is 4.16. The smallest absolute Gasteiger partial charge is 0.207 e. The predicted molar refractivity (Wildman–Crippen MR) is 58.4 cm³/mol. The predicted octanol–water partition coefficient (Wildman–Crippen LogP) is 4.20. The van der Waals surface area contributed by atoms with Crippen LogP contribution in [-0.2, 0) is 19.3 Å². The van der Waals surface area contributed by atoms with Gasteiger partial charge in [0.15, 0.2) is 0 Å². The van der Waals surface area contributed by atoms with Gasteiger partial charge in [-0.2, -0.15) is 0 Å². The molecule has 0 N–H and O–H groups in total. The monoisotopic (exact) mass is 280 g/mol. The molecule has 0 unspecified atom stereocenters. The van der Waals surface area contributed by atoms with Crippen molar-refractivity contribution in [1.29, 1.82) is 0 Å². The summed E-state index contributed by atoms with van der Waals surface area (Å²) in [5, 5.41) is 0. The zero-order valence-corrected chi connectivity index (χ0v) is 10.3. The molecule has 0 spiro atoms. The lowest BCUT2D eigenvalue weighted by Crippen LogP contribution is -2.25. The normalized spacial score (nSPS) is 19.4. The van der Waals surface area contributed by atoms with E-state index >= 15 is 0 Å². The first-order valence-electron chi connectivity index (χ1n) is 4.70. The Morgan fingerprint density at radius 2 is 2.21 bits per heavy atom. The SMILES string of the molecule is CCc1c(Br)sc2c1CC(F)(F)CC2. The number of aryl methyl sites for hydroxylation is 1. The molecule has 1 aromatic heterocycles. The lowest BCUT2D eigenvalue weighted by Gasteiger charge is -2.22. The molecule has 0 atom stereocenters. The van der Waals surface area contributed by atoms with Gasteiger partial charge in [-0.1, -0.05) is 6.92 Å². The van der Waals surface area contributed by atoms with Crippen molar-refractivity contribution < 1.29 is 8.78 Å². The summed E-state index contributed by atoms with van der Waals surface area (Å²) in [6, 6.07) is 0. The van der Waals surface area contributed by atoms with E-state index in [1.807, 2.05) is 6.92 Å². The van der Waals surface area contributed by atoms with Crippen molar-refractivity contribution in [2.75, 3.05) is 0 Å². The maximum atomic E-state index is 13.2. The second-order valence-electron chi connectivity index (χ2n) is 3.64. The van der Waals surface area contributed by atoms with Gasteiger partial charge in [-0.05, 0) is 39.9 Å². The van der Waals surface area contributed by atoms with E-state index in [-0.39, 0.29) is 12.8 Å². The van der Waals surface area contributed by atoms with Crippen LogP contribution in [0.25, 0.3) is 0 Å². The summed E-state index contributed by atoms with van der Waals surface area (Å²) >= 11 is 5.07. The summed E-state index contributed by atoms with van der Waals surface area (Å²) in [6.45, 7) is 2.01. The lowest BCUT2D eigenvalue weighted by atomic mass is 9.92. The van der Waals surface area contributed by atoms with E-state index in [4.69, 9.17) is 0 Å². The minimum Gasteiger partial charge on any atom is -0.207 e.